The lowest BCUT2D eigenvalue weighted by atomic mass is 10.5. The van der Waals surface area contributed by atoms with Gasteiger partial charge in [-0.05, 0) is 17.6 Å². The number of aryl methyl sites for hydroxylation is 1. The second kappa shape index (κ2) is 2.96. The highest BCUT2D eigenvalue weighted by atomic mass is 32.1. The summed E-state index contributed by atoms with van der Waals surface area (Å²) in [4.78, 5) is 15.4. The molecular formula is C6H4N6S. The van der Waals surface area contributed by atoms with Gasteiger partial charge in [0.25, 0.3) is 0 Å². The highest BCUT2D eigenvalue weighted by Gasteiger charge is 2.05. The topological polar surface area (TPSA) is 87.4 Å². The van der Waals surface area contributed by atoms with Gasteiger partial charge in [0.2, 0.25) is 0 Å². The fraction of sp³-hybridized carbons (Fsp3) is 0.167. The van der Waals surface area contributed by atoms with Gasteiger partial charge in [0.05, 0.1) is 5.01 Å². The van der Waals surface area contributed by atoms with Crippen molar-refractivity contribution in [1.29, 1.82) is 0 Å². The number of hydrogen-bond acceptors (Lipinski definition) is 5. The minimum absolute atomic E-state index is 0.289. The maximum Gasteiger partial charge on any atom is 0.157 e. The Morgan fingerprint density at radius 2 is 2.38 bits per heavy atom. The van der Waals surface area contributed by atoms with Crippen molar-refractivity contribution in [3.05, 3.63) is 21.8 Å². The molecule has 2 aromatic heterocycles. The maximum absolute atomic E-state index is 8.26. The molecule has 0 fully saturated rings. The summed E-state index contributed by atoms with van der Waals surface area (Å²) in [6, 6.07) is 0. The minimum Gasteiger partial charge on any atom is -0.238 e. The van der Waals surface area contributed by atoms with E-state index in [2.05, 4.69) is 25.0 Å². The molecule has 0 unspecified atom stereocenters. The molecule has 7 heteroatoms. The zero-order valence-corrected chi connectivity index (χ0v) is 7.49. The molecule has 0 N–H and O–H groups in total. The Hall–Kier alpha value is -1.72. The van der Waals surface area contributed by atoms with Crippen molar-refractivity contribution in [2.75, 3.05) is 0 Å². The largest absolute Gasteiger partial charge is 0.238 e. The van der Waals surface area contributed by atoms with Crippen LogP contribution in [0.4, 0.5) is 5.82 Å². The van der Waals surface area contributed by atoms with E-state index in [0.717, 1.165) is 9.84 Å². The molecule has 2 aromatic rings. The summed E-state index contributed by atoms with van der Waals surface area (Å²) in [6.45, 7) is 1.87. The van der Waals surface area contributed by atoms with E-state index in [1.54, 1.807) is 0 Å². The van der Waals surface area contributed by atoms with Crippen LogP contribution in [0.15, 0.2) is 11.4 Å². The molecule has 0 aliphatic rings. The molecule has 0 saturated heterocycles. The average molecular weight is 192 g/mol. The lowest BCUT2D eigenvalue weighted by molar-refractivity contribution is 1.18. The van der Waals surface area contributed by atoms with Gasteiger partial charge in [-0.3, -0.25) is 0 Å². The zero-order valence-electron chi connectivity index (χ0n) is 6.67. The molecule has 0 aromatic carbocycles. The molecule has 6 nitrogen and oxygen atoms in total. The van der Waals surface area contributed by atoms with Gasteiger partial charge in [-0.1, -0.05) is 11.3 Å². The summed E-state index contributed by atoms with van der Waals surface area (Å²) in [5.41, 5.74) is 8.83. The van der Waals surface area contributed by atoms with E-state index in [0.29, 0.717) is 5.52 Å². The van der Waals surface area contributed by atoms with Crippen LogP contribution in [0.2, 0.25) is 0 Å². The van der Waals surface area contributed by atoms with E-state index in [-0.39, 0.29) is 5.82 Å². The number of thiazole rings is 1. The lowest BCUT2D eigenvalue weighted by Gasteiger charge is -1.88. The maximum atomic E-state index is 8.26. The molecule has 0 atom stereocenters. The lowest BCUT2D eigenvalue weighted by Crippen LogP contribution is -1.78. The molecule has 2 rings (SSSR count). The van der Waals surface area contributed by atoms with Gasteiger partial charge in [-0.2, -0.15) is 0 Å². The number of hydrogen-bond donors (Lipinski definition) is 0. The summed E-state index contributed by atoms with van der Waals surface area (Å²) < 4.78 is 0. The van der Waals surface area contributed by atoms with E-state index in [4.69, 9.17) is 5.53 Å². The monoisotopic (exact) mass is 192 g/mol. The second-order valence-corrected chi connectivity index (χ2v) is 3.46. The first-order valence-corrected chi connectivity index (χ1v) is 4.26. The van der Waals surface area contributed by atoms with Crippen molar-refractivity contribution >= 4 is 27.5 Å². The number of rotatable bonds is 1. The quantitative estimate of drug-likeness (QED) is 0.394. The third kappa shape index (κ3) is 1.30. The summed E-state index contributed by atoms with van der Waals surface area (Å²) in [5.74, 6) is 0.289. The van der Waals surface area contributed by atoms with Crippen molar-refractivity contribution < 1.29 is 0 Å². The fourth-order valence-electron chi connectivity index (χ4n) is 0.962. The Labute approximate surface area is 76.9 Å². The van der Waals surface area contributed by atoms with Gasteiger partial charge < -0.3 is 0 Å². The Balaban J connectivity index is 2.81. The van der Waals surface area contributed by atoms with Crippen LogP contribution in [-0.2, 0) is 0 Å². The van der Waals surface area contributed by atoms with Crippen LogP contribution in [0.25, 0.3) is 20.8 Å². The van der Waals surface area contributed by atoms with Crippen molar-refractivity contribution in [2.45, 2.75) is 6.92 Å². The standard InChI is InChI=1S/C6H4N6S/c1-3-10-4-5(11-12-7)8-2-9-6(4)13-3/h2H,1H3. The average Bonchev–Trinajstić information content (AvgIpc) is 2.47. The summed E-state index contributed by atoms with van der Waals surface area (Å²) in [7, 11) is 0. The van der Waals surface area contributed by atoms with Crippen molar-refractivity contribution in [1.82, 2.24) is 15.0 Å². The van der Waals surface area contributed by atoms with Crippen LogP contribution in [0.1, 0.15) is 5.01 Å². The van der Waals surface area contributed by atoms with E-state index >= 15 is 0 Å². The molecule has 0 radical (unpaired) electrons. The molecule has 13 heavy (non-hydrogen) atoms. The number of azide groups is 1. The Bertz CT molecular complexity index is 497. The first kappa shape index (κ1) is 7.90. The molecule has 0 spiro atoms. The van der Waals surface area contributed by atoms with Crippen LogP contribution in [0.3, 0.4) is 0 Å². The van der Waals surface area contributed by atoms with Crippen LogP contribution in [0, 0.1) is 6.92 Å². The highest BCUT2D eigenvalue weighted by molar-refractivity contribution is 7.18. The molecule has 2 heterocycles. The molecule has 0 bridgehead atoms. The third-order valence-electron chi connectivity index (χ3n) is 1.42. The smallest absolute Gasteiger partial charge is 0.157 e. The number of aromatic nitrogens is 3. The van der Waals surface area contributed by atoms with Gasteiger partial charge in [-0.25, -0.2) is 15.0 Å². The molecule has 64 valence electrons. The molecule has 0 saturated carbocycles. The predicted molar refractivity (Wildman–Crippen MR) is 48.8 cm³/mol. The van der Waals surface area contributed by atoms with Crippen molar-refractivity contribution in [3.63, 3.8) is 0 Å². The molecule has 0 amide bonds. The van der Waals surface area contributed by atoms with Gasteiger partial charge in [-0.15, -0.1) is 0 Å². The van der Waals surface area contributed by atoms with Gasteiger partial charge in [0, 0.05) is 4.91 Å². The predicted octanol–water partition coefficient (Wildman–Crippen LogP) is 2.34. The summed E-state index contributed by atoms with van der Waals surface area (Å²) in [5, 5.41) is 4.30. The van der Waals surface area contributed by atoms with Crippen LogP contribution >= 0.6 is 11.3 Å². The second-order valence-electron chi connectivity index (χ2n) is 2.27. The highest BCUT2D eigenvalue weighted by Crippen LogP contribution is 2.25. The van der Waals surface area contributed by atoms with E-state index in [1.807, 2.05) is 6.92 Å². The third-order valence-corrected chi connectivity index (χ3v) is 2.30. The number of fused-ring (bicyclic) bond motifs is 1. The van der Waals surface area contributed by atoms with E-state index in [1.165, 1.54) is 17.7 Å². The zero-order chi connectivity index (χ0) is 9.26. The Morgan fingerprint density at radius 1 is 1.54 bits per heavy atom. The van der Waals surface area contributed by atoms with Crippen LogP contribution in [0.5, 0.6) is 0 Å². The Kier molecular flexibility index (Phi) is 1.80. The van der Waals surface area contributed by atoms with Gasteiger partial charge in [0.1, 0.15) is 16.7 Å². The molecular weight excluding hydrogens is 188 g/mol. The first-order valence-electron chi connectivity index (χ1n) is 3.44. The van der Waals surface area contributed by atoms with Crippen LogP contribution < -0.4 is 0 Å². The summed E-state index contributed by atoms with van der Waals surface area (Å²) >= 11 is 1.45. The van der Waals surface area contributed by atoms with Crippen molar-refractivity contribution in [3.8, 4) is 0 Å². The fourth-order valence-corrected chi connectivity index (χ4v) is 1.71. The van der Waals surface area contributed by atoms with Crippen LogP contribution in [-0.4, -0.2) is 15.0 Å². The van der Waals surface area contributed by atoms with Gasteiger partial charge in [0.15, 0.2) is 5.82 Å². The van der Waals surface area contributed by atoms with Crippen molar-refractivity contribution in [2.24, 2.45) is 5.11 Å². The van der Waals surface area contributed by atoms with Gasteiger partial charge >= 0.3 is 0 Å². The number of nitrogens with zero attached hydrogens (tertiary/aromatic N) is 6. The normalized spacial score (nSPS) is 9.92. The summed E-state index contributed by atoms with van der Waals surface area (Å²) in [6.07, 6.45) is 1.37. The SMILES string of the molecule is Cc1nc2c(N=[N+]=[N-])ncnc2s1. The first-order chi connectivity index (χ1) is 6.31. The molecule has 0 aliphatic heterocycles. The molecule has 0 aliphatic carbocycles. The van der Waals surface area contributed by atoms with E-state index in [9.17, 15) is 0 Å². The van der Waals surface area contributed by atoms with E-state index < -0.39 is 0 Å². The minimum atomic E-state index is 0.289. The Morgan fingerprint density at radius 3 is 3.15 bits per heavy atom.